The monoisotopic (exact) mass is 260 g/mol. The van der Waals surface area contributed by atoms with Gasteiger partial charge in [-0.2, -0.15) is 0 Å². The highest BCUT2D eigenvalue weighted by molar-refractivity contribution is 5.90. The number of para-hydroxylation sites is 1. The molecule has 1 heterocycles. The van der Waals surface area contributed by atoms with Crippen molar-refractivity contribution in [3.63, 3.8) is 0 Å². The van der Waals surface area contributed by atoms with Crippen molar-refractivity contribution < 1.29 is 14.3 Å². The number of ether oxygens (including phenoxy) is 2. The maximum atomic E-state index is 12.2. The third-order valence-corrected chi connectivity index (χ3v) is 3.45. The van der Waals surface area contributed by atoms with E-state index in [0.717, 1.165) is 29.7 Å². The average Bonchev–Trinajstić information content (AvgIpc) is 2.79. The Balaban J connectivity index is 2.18. The normalized spacial score (nSPS) is 20.9. The van der Waals surface area contributed by atoms with E-state index < -0.39 is 0 Å². The van der Waals surface area contributed by atoms with Crippen molar-refractivity contribution in [3.05, 3.63) is 40.7 Å². The lowest BCUT2D eigenvalue weighted by Gasteiger charge is -2.12. The van der Waals surface area contributed by atoms with Gasteiger partial charge >= 0.3 is 5.97 Å². The third kappa shape index (κ3) is 2.98. The van der Waals surface area contributed by atoms with Gasteiger partial charge in [-0.1, -0.05) is 18.2 Å². The summed E-state index contributed by atoms with van der Waals surface area (Å²) in [6.45, 7) is 7.65. The Bertz CT molecular complexity index is 509. The molecule has 1 fully saturated rings. The Morgan fingerprint density at radius 2 is 1.95 bits per heavy atom. The number of carbonyl (C=O) groups excluding carboxylic acids is 1. The molecule has 102 valence electrons. The Labute approximate surface area is 114 Å². The van der Waals surface area contributed by atoms with Crippen LogP contribution in [0.4, 0.5) is 0 Å². The number of esters is 1. The number of benzene rings is 1. The molecule has 1 saturated heterocycles. The molecule has 0 radical (unpaired) electrons. The zero-order valence-electron chi connectivity index (χ0n) is 11.9. The van der Waals surface area contributed by atoms with Crippen LogP contribution in [0.25, 0.3) is 0 Å². The second-order valence-electron chi connectivity index (χ2n) is 5.13. The van der Waals surface area contributed by atoms with Gasteiger partial charge in [-0.25, -0.2) is 4.79 Å². The molecule has 0 amide bonds. The summed E-state index contributed by atoms with van der Waals surface area (Å²) in [6.07, 6.45) is 1.97. The highest BCUT2D eigenvalue weighted by Crippen LogP contribution is 2.28. The van der Waals surface area contributed by atoms with Crippen LogP contribution in [0, 0.1) is 13.8 Å². The van der Waals surface area contributed by atoms with E-state index in [1.54, 1.807) is 6.92 Å². The average molecular weight is 260 g/mol. The summed E-state index contributed by atoms with van der Waals surface area (Å²) in [6, 6.07) is 5.83. The third-order valence-electron chi connectivity index (χ3n) is 3.45. The number of hydrogen-bond acceptors (Lipinski definition) is 3. The molecule has 0 aliphatic carbocycles. The van der Waals surface area contributed by atoms with Crippen molar-refractivity contribution in [2.24, 2.45) is 0 Å². The first-order chi connectivity index (χ1) is 8.99. The molecule has 0 saturated carbocycles. The van der Waals surface area contributed by atoms with Gasteiger partial charge < -0.3 is 9.47 Å². The number of carbonyl (C=O) groups is 1. The Kier molecular flexibility index (Phi) is 3.93. The van der Waals surface area contributed by atoms with E-state index in [1.807, 2.05) is 39.0 Å². The molecule has 1 aromatic rings. The summed E-state index contributed by atoms with van der Waals surface area (Å²) in [5.74, 6) is 1.10. The van der Waals surface area contributed by atoms with Gasteiger partial charge in [-0.05, 0) is 45.2 Å². The number of aryl methyl sites for hydroxylation is 2. The van der Waals surface area contributed by atoms with Crippen LogP contribution in [0.3, 0.4) is 0 Å². The van der Waals surface area contributed by atoms with Crippen LogP contribution in [-0.2, 0) is 9.53 Å². The highest BCUT2D eigenvalue weighted by atomic mass is 16.5. The lowest BCUT2D eigenvalue weighted by atomic mass is 10.1. The summed E-state index contributed by atoms with van der Waals surface area (Å²) in [5, 5.41) is 0. The van der Waals surface area contributed by atoms with Crippen LogP contribution in [0.15, 0.2) is 29.5 Å². The maximum Gasteiger partial charge on any atom is 0.342 e. The Morgan fingerprint density at radius 1 is 1.32 bits per heavy atom. The fourth-order valence-electron chi connectivity index (χ4n) is 2.21. The van der Waals surface area contributed by atoms with Gasteiger partial charge in [0.05, 0.1) is 11.7 Å². The molecule has 1 unspecified atom stereocenters. The van der Waals surface area contributed by atoms with E-state index in [0.29, 0.717) is 11.3 Å². The first-order valence-corrected chi connectivity index (χ1v) is 6.64. The second-order valence-corrected chi connectivity index (χ2v) is 5.13. The van der Waals surface area contributed by atoms with Crippen LogP contribution in [-0.4, -0.2) is 12.1 Å². The minimum Gasteiger partial charge on any atom is -0.495 e. The number of allylic oxidation sites excluding steroid dienone is 1. The van der Waals surface area contributed by atoms with E-state index in [2.05, 4.69) is 0 Å². The lowest BCUT2D eigenvalue weighted by molar-refractivity contribution is -0.130. The smallest absolute Gasteiger partial charge is 0.342 e. The van der Waals surface area contributed by atoms with Gasteiger partial charge in [0.2, 0.25) is 0 Å². The van der Waals surface area contributed by atoms with Crippen LogP contribution >= 0.6 is 0 Å². The molecule has 0 spiro atoms. The first kappa shape index (κ1) is 13.7. The largest absolute Gasteiger partial charge is 0.495 e. The summed E-state index contributed by atoms with van der Waals surface area (Å²) in [4.78, 5) is 12.2. The maximum absolute atomic E-state index is 12.2. The van der Waals surface area contributed by atoms with Gasteiger partial charge in [-0.3, -0.25) is 0 Å². The Morgan fingerprint density at radius 3 is 2.47 bits per heavy atom. The topological polar surface area (TPSA) is 35.5 Å². The second kappa shape index (κ2) is 5.47. The Hall–Kier alpha value is -1.77. The zero-order valence-corrected chi connectivity index (χ0v) is 11.9. The van der Waals surface area contributed by atoms with Gasteiger partial charge in [0.15, 0.2) is 0 Å². The predicted octanol–water partition coefficient (Wildman–Crippen LogP) is 3.68. The first-order valence-electron chi connectivity index (χ1n) is 6.64. The minimum absolute atomic E-state index is 0.193. The fraction of sp³-hybridized carbons (Fsp3) is 0.438. The van der Waals surface area contributed by atoms with Gasteiger partial charge in [0, 0.05) is 6.42 Å². The zero-order chi connectivity index (χ0) is 14.0. The molecule has 1 atom stereocenters. The van der Waals surface area contributed by atoms with Gasteiger partial charge in [-0.15, -0.1) is 0 Å². The van der Waals surface area contributed by atoms with E-state index >= 15 is 0 Å². The molecule has 0 N–H and O–H groups in total. The molecule has 0 aromatic heterocycles. The van der Waals surface area contributed by atoms with Gasteiger partial charge in [0.1, 0.15) is 11.5 Å². The molecule has 1 aliphatic rings. The van der Waals surface area contributed by atoms with E-state index in [4.69, 9.17) is 9.47 Å². The van der Waals surface area contributed by atoms with Crippen molar-refractivity contribution in [1.29, 1.82) is 0 Å². The van der Waals surface area contributed by atoms with Crippen molar-refractivity contribution in [1.82, 2.24) is 0 Å². The highest BCUT2D eigenvalue weighted by Gasteiger charge is 2.22. The van der Waals surface area contributed by atoms with E-state index in [9.17, 15) is 4.79 Å². The van der Waals surface area contributed by atoms with Crippen molar-refractivity contribution in [2.45, 2.75) is 46.6 Å². The molecule has 2 rings (SSSR count). The summed E-state index contributed by atoms with van der Waals surface area (Å²) < 4.78 is 11.1. The molecule has 19 heavy (non-hydrogen) atoms. The van der Waals surface area contributed by atoms with Gasteiger partial charge in [0.25, 0.3) is 0 Å². The van der Waals surface area contributed by atoms with Crippen molar-refractivity contribution in [2.75, 3.05) is 0 Å². The molecule has 3 heteroatoms. The molecule has 1 aliphatic heterocycles. The predicted molar refractivity (Wildman–Crippen MR) is 74.0 cm³/mol. The minimum atomic E-state index is -0.318. The molecule has 3 nitrogen and oxygen atoms in total. The van der Waals surface area contributed by atoms with Crippen molar-refractivity contribution >= 4 is 5.97 Å². The number of hydrogen-bond donors (Lipinski definition) is 0. The lowest BCUT2D eigenvalue weighted by Crippen LogP contribution is -2.13. The standard InChI is InChI=1S/C16H20O3/c1-10-6-5-7-11(2)15(10)19-16(17)13(4)14-9-8-12(3)18-14/h5-7,12H,8-9H2,1-4H3/b14-13+. The molecule has 0 bridgehead atoms. The van der Waals surface area contributed by atoms with Crippen LogP contribution in [0.1, 0.15) is 37.8 Å². The number of rotatable bonds is 2. The van der Waals surface area contributed by atoms with E-state index in [-0.39, 0.29) is 12.1 Å². The van der Waals surface area contributed by atoms with Crippen LogP contribution < -0.4 is 4.74 Å². The van der Waals surface area contributed by atoms with E-state index in [1.165, 1.54) is 0 Å². The van der Waals surface area contributed by atoms with Crippen LogP contribution in [0.5, 0.6) is 5.75 Å². The summed E-state index contributed by atoms with van der Waals surface area (Å²) in [7, 11) is 0. The summed E-state index contributed by atoms with van der Waals surface area (Å²) >= 11 is 0. The molecular weight excluding hydrogens is 240 g/mol. The molecular formula is C16H20O3. The quantitative estimate of drug-likeness (QED) is 0.462. The fourth-order valence-corrected chi connectivity index (χ4v) is 2.21. The van der Waals surface area contributed by atoms with Crippen molar-refractivity contribution in [3.8, 4) is 5.75 Å². The summed E-state index contributed by atoms with van der Waals surface area (Å²) in [5.41, 5.74) is 2.51. The SMILES string of the molecule is C/C(C(=O)Oc1c(C)cccc1C)=C1/CCC(C)O1. The van der Waals surface area contributed by atoms with Crippen LogP contribution in [0.2, 0.25) is 0 Å². The molecule has 1 aromatic carbocycles.